The van der Waals surface area contributed by atoms with Crippen LogP contribution in [0.5, 0.6) is 0 Å². The van der Waals surface area contributed by atoms with Crippen molar-refractivity contribution in [3.63, 3.8) is 0 Å². The molecule has 0 aliphatic carbocycles. The normalized spacial score (nSPS) is 11.6. The first-order valence-electron chi connectivity index (χ1n) is 5.69. The van der Waals surface area contributed by atoms with Crippen molar-refractivity contribution in [3.8, 4) is 0 Å². The van der Waals surface area contributed by atoms with Gasteiger partial charge in [-0.05, 0) is 32.5 Å². The number of nitrogens with zero attached hydrogens (tertiary/aromatic N) is 2. The van der Waals surface area contributed by atoms with E-state index in [1.54, 1.807) is 6.92 Å². The van der Waals surface area contributed by atoms with Crippen LogP contribution in [0.15, 0.2) is 11.6 Å². The molecule has 1 heterocycles. The van der Waals surface area contributed by atoms with E-state index in [1.807, 2.05) is 24.5 Å². The Morgan fingerprint density at radius 1 is 1.59 bits per heavy atom. The first-order valence-corrected chi connectivity index (χ1v) is 6.10. The van der Waals surface area contributed by atoms with E-state index in [0.717, 1.165) is 24.4 Å². The third-order valence-electron chi connectivity index (χ3n) is 2.43. The van der Waals surface area contributed by atoms with Crippen LogP contribution in [0.25, 0.3) is 0 Å². The average Bonchev–Trinajstić information content (AvgIpc) is 2.67. The fourth-order valence-corrected chi connectivity index (χ4v) is 1.79. The third kappa shape index (κ3) is 3.52. The smallest absolute Gasteiger partial charge is 0.246 e. The number of carbonyl (C=O) groups excluding carboxylic acids is 1. The fraction of sp³-hybridized carbons (Fsp3) is 0.545. The summed E-state index contributed by atoms with van der Waals surface area (Å²) in [5.41, 5.74) is 0.727. The van der Waals surface area contributed by atoms with Gasteiger partial charge in [-0.1, -0.05) is 13.0 Å². The second-order valence-corrected chi connectivity index (χ2v) is 4.05. The number of carbonyl (C=O) groups is 1. The molecule has 5 nitrogen and oxygen atoms in total. The quantitative estimate of drug-likeness (QED) is 0.623. The maximum atomic E-state index is 11.7. The number of hydrogen-bond donors (Lipinski definition) is 2. The van der Waals surface area contributed by atoms with E-state index in [0.29, 0.717) is 11.3 Å². The van der Waals surface area contributed by atoms with Gasteiger partial charge < -0.3 is 9.88 Å². The molecule has 6 heteroatoms. The standard InChI is InChI=1S/C11H18N4OS/c1-4-6-8(3)10(16)12-7-9-13-14-11(17)15(9)5-2/h6H,4-5,7H2,1-3H3,(H,12,16)(H,14,17)/b8-6-. The van der Waals surface area contributed by atoms with Crippen LogP contribution in [0.3, 0.4) is 0 Å². The van der Waals surface area contributed by atoms with Gasteiger partial charge in [-0.15, -0.1) is 0 Å². The molecule has 1 amide bonds. The van der Waals surface area contributed by atoms with Crippen molar-refractivity contribution < 1.29 is 4.79 Å². The number of nitrogens with one attached hydrogen (secondary N) is 2. The molecule has 0 radical (unpaired) electrons. The van der Waals surface area contributed by atoms with Gasteiger partial charge in [0.25, 0.3) is 0 Å². The molecule has 0 aromatic carbocycles. The fourth-order valence-electron chi connectivity index (χ4n) is 1.51. The summed E-state index contributed by atoms with van der Waals surface area (Å²) in [6.07, 6.45) is 2.75. The minimum atomic E-state index is -0.0663. The van der Waals surface area contributed by atoms with Gasteiger partial charge in [0, 0.05) is 12.1 Å². The van der Waals surface area contributed by atoms with E-state index in [9.17, 15) is 4.79 Å². The molecule has 0 bridgehead atoms. The van der Waals surface area contributed by atoms with Crippen LogP contribution < -0.4 is 5.32 Å². The zero-order valence-electron chi connectivity index (χ0n) is 10.4. The highest BCUT2D eigenvalue weighted by molar-refractivity contribution is 7.71. The molecule has 1 rings (SSSR count). The molecule has 0 atom stereocenters. The lowest BCUT2D eigenvalue weighted by molar-refractivity contribution is -0.117. The molecule has 0 saturated carbocycles. The molecule has 0 saturated heterocycles. The SMILES string of the molecule is CC/C=C(/C)C(=O)NCc1n[nH]c(=S)n1CC. The van der Waals surface area contributed by atoms with Gasteiger partial charge in [0.2, 0.25) is 5.91 Å². The second kappa shape index (κ2) is 6.34. The van der Waals surface area contributed by atoms with E-state index in [1.165, 1.54) is 0 Å². The Morgan fingerprint density at radius 3 is 2.88 bits per heavy atom. The van der Waals surface area contributed by atoms with Crippen LogP contribution in [0.1, 0.15) is 33.0 Å². The average molecular weight is 254 g/mol. The zero-order chi connectivity index (χ0) is 12.8. The maximum absolute atomic E-state index is 11.7. The van der Waals surface area contributed by atoms with Crippen LogP contribution in [0.4, 0.5) is 0 Å². The third-order valence-corrected chi connectivity index (χ3v) is 2.74. The minimum absolute atomic E-state index is 0.0663. The lowest BCUT2D eigenvalue weighted by atomic mass is 10.2. The number of H-pyrrole nitrogens is 1. The number of amides is 1. The van der Waals surface area contributed by atoms with Crippen molar-refractivity contribution in [1.82, 2.24) is 20.1 Å². The number of aromatic amines is 1. The monoisotopic (exact) mass is 254 g/mol. The lowest BCUT2D eigenvalue weighted by Crippen LogP contribution is -2.25. The van der Waals surface area contributed by atoms with Crippen LogP contribution in [0, 0.1) is 4.77 Å². The van der Waals surface area contributed by atoms with Crippen LogP contribution in [-0.2, 0) is 17.9 Å². The molecular formula is C11H18N4OS. The molecule has 0 unspecified atom stereocenters. The number of aromatic nitrogens is 3. The van der Waals surface area contributed by atoms with Crippen LogP contribution in [-0.4, -0.2) is 20.7 Å². The lowest BCUT2D eigenvalue weighted by Gasteiger charge is -2.06. The number of allylic oxidation sites excluding steroid dienone is 1. The summed E-state index contributed by atoms with van der Waals surface area (Å²) in [6.45, 7) is 6.91. The van der Waals surface area contributed by atoms with Gasteiger partial charge in [-0.25, -0.2) is 0 Å². The molecule has 17 heavy (non-hydrogen) atoms. The minimum Gasteiger partial charge on any atom is -0.345 e. The first kappa shape index (κ1) is 13.6. The van der Waals surface area contributed by atoms with Crippen molar-refractivity contribution in [2.45, 2.75) is 40.3 Å². The van der Waals surface area contributed by atoms with Gasteiger partial charge in [0.1, 0.15) is 0 Å². The molecule has 0 aliphatic rings. The summed E-state index contributed by atoms with van der Waals surface area (Å²) < 4.78 is 2.44. The van der Waals surface area contributed by atoms with Crippen molar-refractivity contribution in [2.75, 3.05) is 0 Å². The summed E-state index contributed by atoms with van der Waals surface area (Å²) in [4.78, 5) is 11.7. The summed E-state index contributed by atoms with van der Waals surface area (Å²) in [6, 6.07) is 0. The van der Waals surface area contributed by atoms with Gasteiger partial charge in [0.15, 0.2) is 10.6 Å². The molecule has 94 valence electrons. The summed E-state index contributed by atoms with van der Waals surface area (Å²) in [5, 5.41) is 9.61. The van der Waals surface area contributed by atoms with Gasteiger partial charge in [-0.2, -0.15) is 5.10 Å². The largest absolute Gasteiger partial charge is 0.345 e. The van der Waals surface area contributed by atoms with E-state index in [-0.39, 0.29) is 5.91 Å². The number of rotatable bonds is 5. The first-order chi connectivity index (χ1) is 8.10. The van der Waals surface area contributed by atoms with E-state index >= 15 is 0 Å². The topological polar surface area (TPSA) is 62.7 Å². The van der Waals surface area contributed by atoms with Crippen molar-refractivity contribution in [2.24, 2.45) is 0 Å². The highest BCUT2D eigenvalue weighted by Crippen LogP contribution is 1.99. The van der Waals surface area contributed by atoms with Gasteiger partial charge >= 0.3 is 0 Å². The Hall–Kier alpha value is -1.43. The van der Waals surface area contributed by atoms with Crippen molar-refractivity contribution in [3.05, 3.63) is 22.2 Å². The molecule has 0 spiro atoms. The Morgan fingerprint density at radius 2 is 2.29 bits per heavy atom. The molecule has 2 N–H and O–H groups in total. The van der Waals surface area contributed by atoms with Crippen LogP contribution >= 0.6 is 12.2 Å². The molecule has 1 aromatic heterocycles. The summed E-state index contributed by atoms with van der Waals surface area (Å²) in [7, 11) is 0. The summed E-state index contributed by atoms with van der Waals surface area (Å²) in [5.74, 6) is 0.679. The molecule has 0 aliphatic heterocycles. The highest BCUT2D eigenvalue weighted by Gasteiger charge is 2.07. The predicted molar refractivity (Wildman–Crippen MR) is 69.0 cm³/mol. The van der Waals surface area contributed by atoms with E-state index < -0.39 is 0 Å². The highest BCUT2D eigenvalue weighted by atomic mass is 32.1. The second-order valence-electron chi connectivity index (χ2n) is 3.67. The van der Waals surface area contributed by atoms with Crippen molar-refractivity contribution >= 4 is 18.1 Å². The Bertz CT molecular complexity index is 472. The Labute approximate surface area is 106 Å². The van der Waals surface area contributed by atoms with E-state index in [2.05, 4.69) is 15.5 Å². The van der Waals surface area contributed by atoms with Crippen molar-refractivity contribution in [1.29, 1.82) is 0 Å². The Balaban J connectivity index is 2.65. The maximum Gasteiger partial charge on any atom is 0.246 e. The molecular weight excluding hydrogens is 236 g/mol. The molecule has 0 fully saturated rings. The molecule has 1 aromatic rings. The number of hydrogen-bond acceptors (Lipinski definition) is 3. The summed E-state index contributed by atoms with van der Waals surface area (Å²) >= 11 is 5.07. The van der Waals surface area contributed by atoms with E-state index in [4.69, 9.17) is 12.2 Å². The van der Waals surface area contributed by atoms with Gasteiger partial charge in [0.05, 0.1) is 6.54 Å². The van der Waals surface area contributed by atoms with Gasteiger partial charge in [-0.3, -0.25) is 9.89 Å². The predicted octanol–water partition coefficient (Wildman–Crippen LogP) is 1.93. The van der Waals surface area contributed by atoms with Crippen LogP contribution in [0.2, 0.25) is 0 Å². The Kier molecular flexibility index (Phi) is 5.09. The zero-order valence-corrected chi connectivity index (χ0v) is 11.2.